The fraction of sp³-hybridized carbons (Fsp3) is 0.467. The average molecular weight is 391 g/mol. The van der Waals surface area contributed by atoms with Crippen molar-refractivity contribution < 1.29 is 14.5 Å². The summed E-state index contributed by atoms with van der Waals surface area (Å²) in [5.41, 5.74) is 10.4. The highest BCUT2D eigenvalue weighted by molar-refractivity contribution is 8.00. The molecule has 0 radical (unpaired) electrons. The number of carbonyl (C=O) groups excluding carboxylic acids is 2. The molecule has 0 unspecified atom stereocenters. The molecule has 0 aliphatic rings. The first-order valence-corrected chi connectivity index (χ1v) is 8.21. The molecule has 1 rings (SSSR count). The van der Waals surface area contributed by atoms with Gasteiger partial charge >= 0.3 is 0 Å². The smallest absolute Gasteiger partial charge is 0.283 e. The number of benzene rings is 1. The Balaban J connectivity index is 0.00000576. The maximum atomic E-state index is 12.2. The third-order valence-electron chi connectivity index (χ3n) is 3.43. The summed E-state index contributed by atoms with van der Waals surface area (Å²) < 4.78 is 0. The van der Waals surface area contributed by atoms with Gasteiger partial charge in [0.05, 0.1) is 15.6 Å². The van der Waals surface area contributed by atoms with Crippen LogP contribution in [0.25, 0.3) is 0 Å². The number of nitro groups is 1. The highest BCUT2D eigenvalue weighted by Gasteiger charge is 2.22. The van der Waals surface area contributed by atoms with Crippen molar-refractivity contribution in [3.05, 3.63) is 33.9 Å². The van der Waals surface area contributed by atoms with E-state index in [1.807, 2.05) is 13.8 Å². The predicted molar refractivity (Wildman–Crippen MR) is 100 cm³/mol. The number of thioether (sulfide) groups is 1. The zero-order chi connectivity index (χ0) is 18.5. The monoisotopic (exact) mass is 390 g/mol. The topological polar surface area (TPSA) is 133 Å². The average Bonchev–Trinajstić information content (AvgIpc) is 2.51. The summed E-state index contributed by atoms with van der Waals surface area (Å²) in [6, 6.07) is 3.96. The molecule has 0 aliphatic carbocycles. The molecule has 0 fully saturated rings. The van der Waals surface area contributed by atoms with Gasteiger partial charge in [-0.1, -0.05) is 13.8 Å². The van der Waals surface area contributed by atoms with Crippen molar-refractivity contribution in [3.8, 4) is 0 Å². The molecular weight excluding hydrogens is 368 g/mol. The van der Waals surface area contributed by atoms with Crippen LogP contribution in [0, 0.1) is 15.5 Å². The molecule has 25 heavy (non-hydrogen) atoms. The molecule has 1 aromatic rings. The molecule has 0 spiro atoms. The van der Waals surface area contributed by atoms with E-state index < -0.39 is 10.8 Å². The lowest BCUT2D eigenvalue weighted by Crippen LogP contribution is -2.40. The van der Waals surface area contributed by atoms with Crippen molar-refractivity contribution in [1.29, 1.82) is 0 Å². The van der Waals surface area contributed by atoms with Gasteiger partial charge in [0.1, 0.15) is 0 Å². The van der Waals surface area contributed by atoms with Gasteiger partial charge in [-0.05, 0) is 24.1 Å². The number of primary amides is 1. The van der Waals surface area contributed by atoms with Gasteiger partial charge in [0, 0.05) is 25.2 Å². The standard InChI is InChI=1S/C15H22N4O4S.ClH/c1-15(2,8-16)9-18(3)13(20)7-24-12-5-4-10(14(17)21)6-11(12)19(22)23;/h4-6H,7-9,16H2,1-3H3,(H2,17,21);1H. The fourth-order valence-corrected chi connectivity index (χ4v) is 2.92. The van der Waals surface area contributed by atoms with E-state index in [-0.39, 0.29) is 40.7 Å². The van der Waals surface area contributed by atoms with Crippen LogP contribution in [0.5, 0.6) is 0 Å². The number of nitro benzene ring substituents is 1. The van der Waals surface area contributed by atoms with Crippen molar-refractivity contribution in [2.45, 2.75) is 18.7 Å². The number of hydrogen-bond acceptors (Lipinski definition) is 6. The minimum atomic E-state index is -0.741. The Morgan fingerprint density at radius 2 is 1.96 bits per heavy atom. The second-order valence-corrected chi connectivity index (χ2v) is 7.23. The van der Waals surface area contributed by atoms with E-state index >= 15 is 0 Å². The van der Waals surface area contributed by atoms with Gasteiger partial charge < -0.3 is 16.4 Å². The Bertz CT molecular complexity index is 654. The molecule has 4 N–H and O–H groups in total. The molecule has 0 saturated heterocycles. The Hall–Kier alpha value is -1.84. The second kappa shape index (κ2) is 9.59. The van der Waals surface area contributed by atoms with Crippen LogP contribution in [0.15, 0.2) is 23.1 Å². The number of hydrogen-bond donors (Lipinski definition) is 2. The zero-order valence-corrected chi connectivity index (χ0v) is 16.0. The number of amides is 2. The molecule has 8 nitrogen and oxygen atoms in total. The molecule has 0 heterocycles. The second-order valence-electron chi connectivity index (χ2n) is 6.21. The van der Waals surface area contributed by atoms with Crippen LogP contribution in [0.1, 0.15) is 24.2 Å². The summed E-state index contributed by atoms with van der Waals surface area (Å²) >= 11 is 1.05. The highest BCUT2D eigenvalue weighted by atomic mass is 35.5. The lowest BCUT2D eigenvalue weighted by Gasteiger charge is -2.29. The van der Waals surface area contributed by atoms with Crippen LogP contribution in [0.2, 0.25) is 0 Å². The van der Waals surface area contributed by atoms with E-state index in [2.05, 4.69) is 0 Å². The van der Waals surface area contributed by atoms with Crippen molar-refractivity contribution in [2.75, 3.05) is 25.9 Å². The fourth-order valence-electron chi connectivity index (χ4n) is 1.98. The third kappa shape index (κ3) is 6.89. The van der Waals surface area contributed by atoms with E-state index in [1.54, 1.807) is 11.9 Å². The van der Waals surface area contributed by atoms with E-state index in [0.717, 1.165) is 17.8 Å². The number of halogens is 1. The summed E-state index contributed by atoms with van der Waals surface area (Å²) in [6.07, 6.45) is 0. The van der Waals surface area contributed by atoms with Gasteiger partial charge in [-0.2, -0.15) is 0 Å². The number of nitrogens with zero attached hydrogens (tertiary/aromatic N) is 2. The van der Waals surface area contributed by atoms with Crippen LogP contribution < -0.4 is 11.5 Å². The molecule has 0 aliphatic heterocycles. The molecule has 2 amide bonds. The SMILES string of the molecule is CN(CC(C)(C)CN)C(=O)CSc1ccc(C(N)=O)cc1[N+](=O)[O-].Cl. The molecule has 0 atom stereocenters. The first-order chi connectivity index (χ1) is 11.1. The summed E-state index contributed by atoms with van der Waals surface area (Å²) in [4.78, 5) is 35.7. The minimum absolute atomic E-state index is 0. The Morgan fingerprint density at radius 3 is 2.44 bits per heavy atom. The van der Waals surface area contributed by atoms with Crippen molar-refractivity contribution in [3.63, 3.8) is 0 Å². The maximum Gasteiger partial charge on any atom is 0.283 e. The molecule has 0 bridgehead atoms. The van der Waals surface area contributed by atoms with E-state index in [1.165, 1.54) is 12.1 Å². The summed E-state index contributed by atoms with van der Waals surface area (Å²) in [6.45, 7) is 4.85. The Labute approximate surface area is 156 Å². The number of rotatable bonds is 8. The lowest BCUT2D eigenvalue weighted by atomic mass is 9.93. The van der Waals surface area contributed by atoms with Crippen LogP contribution in [-0.2, 0) is 4.79 Å². The van der Waals surface area contributed by atoms with Crippen LogP contribution >= 0.6 is 24.2 Å². The molecule has 140 valence electrons. The Morgan fingerprint density at radius 1 is 1.36 bits per heavy atom. The van der Waals surface area contributed by atoms with E-state index in [9.17, 15) is 19.7 Å². The van der Waals surface area contributed by atoms with Crippen LogP contribution in [-0.4, -0.2) is 47.5 Å². The van der Waals surface area contributed by atoms with Gasteiger partial charge in [-0.15, -0.1) is 24.2 Å². The van der Waals surface area contributed by atoms with E-state index in [0.29, 0.717) is 18.0 Å². The van der Waals surface area contributed by atoms with Crippen LogP contribution in [0.3, 0.4) is 0 Å². The molecular formula is C15H23ClN4O4S. The van der Waals surface area contributed by atoms with Crippen molar-refractivity contribution >= 4 is 41.7 Å². The third-order valence-corrected chi connectivity index (χ3v) is 4.48. The maximum absolute atomic E-state index is 12.2. The summed E-state index contributed by atoms with van der Waals surface area (Å²) in [5, 5.41) is 11.1. The van der Waals surface area contributed by atoms with E-state index in [4.69, 9.17) is 11.5 Å². The highest BCUT2D eigenvalue weighted by Crippen LogP contribution is 2.30. The molecule has 0 saturated carbocycles. The zero-order valence-electron chi connectivity index (χ0n) is 14.4. The number of carbonyl (C=O) groups is 2. The van der Waals surface area contributed by atoms with Crippen LogP contribution in [0.4, 0.5) is 5.69 Å². The molecule has 1 aromatic carbocycles. The Kier molecular flexibility index (Phi) is 8.89. The normalized spacial score (nSPS) is 10.7. The molecule has 10 heteroatoms. The first kappa shape index (κ1) is 23.2. The van der Waals surface area contributed by atoms with Crippen molar-refractivity contribution in [2.24, 2.45) is 16.9 Å². The minimum Gasteiger partial charge on any atom is -0.366 e. The largest absolute Gasteiger partial charge is 0.366 e. The number of nitrogens with two attached hydrogens (primary N) is 2. The lowest BCUT2D eigenvalue weighted by molar-refractivity contribution is -0.387. The quantitative estimate of drug-likeness (QED) is 0.394. The van der Waals surface area contributed by atoms with Gasteiger partial charge in [0.15, 0.2) is 0 Å². The van der Waals surface area contributed by atoms with Gasteiger partial charge in [0.25, 0.3) is 5.69 Å². The van der Waals surface area contributed by atoms with Gasteiger partial charge in [-0.25, -0.2) is 0 Å². The predicted octanol–water partition coefficient (Wildman–Crippen LogP) is 1.65. The summed E-state index contributed by atoms with van der Waals surface area (Å²) in [5.74, 6) is -0.849. The first-order valence-electron chi connectivity index (χ1n) is 7.22. The van der Waals surface area contributed by atoms with Gasteiger partial charge in [0.2, 0.25) is 11.8 Å². The van der Waals surface area contributed by atoms with Gasteiger partial charge in [-0.3, -0.25) is 19.7 Å². The molecule has 0 aromatic heterocycles. The summed E-state index contributed by atoms with van der Waals surface area (Å²) in [7, 11) is 1.67. The van der Waals surface area contributed by atoms with Crippen molar-refractivity contribution in [1.82, 2.24) is 4.90 Å².